The van der Waals surface area contributed by atoms with Crippen LogP contribution in [0.4, 0.5) is 5.82 Å². The SMILES string of the molecule is Nc1ncnc2c1ncn2C1OC2COP(=O)(O)O[C@@H]3C(COP(=O)(O)[C@H]2[C@H]1O)OC(n1cnc2c(=O)[nH]cnc21)[C@@H]3O. The number of nitrogen functional groups attached to an aromatic ring is 1. The van der Waals surface area contributed by atoms with Gasteiger partial charge in [-0.25, -0.2) is 29.5 Å². The van der Waals surface area contributed by atoms with Crippen molar-refractivity contribution in [2.45, 2.75) is 48.6 Å². The van der Waals surface area contributed by atoms with E-state index in [2.05, 4.69) is 29.9 Å². The van der Waals surface area contributed by atoms with Crippen LogP contribution in [0, 0.1) is 0 Å². The number of phosphoric ester groups is 1. The number of phosphoric acid groups is 1. The van der Waals surface area contributed by atoms with Gasteiger partial charge in [-0.15, -0.1) is 0 Å². The summed E-state index contributed by atoms with van der Waals surface area (Å²) >= 11 is 0. The first kappa shape index (κ1) is 28.6. The van der Waals surface area contributed by atoms with Crippen molar-refractivity contribution in [1.82, 2.24) is 39.0 Å². The van der Waals surface area contributed by atoms with E-state index < -0.39 is 82.8 Å². The fourth-order valence-electron chi connectivity index (χ4n) is 5.44. The van der Waals surface area contributed by atoms with E-state index in [9.17, 15) is 33.9 Å². The zero-order valence-corrected chi connectivity index (χ0v) is 23.3. The van der Waals surface area contributed by atoms with Crippen LogP contribution >= 0.6 is 15.4 Å². The van der Waals surface area contributed by atoms with Gasteiger partial charge in [0.2, 0.25) is 0 Å². The number of aliphatic hydroxyl groups is 2. The summed E-state index contributed by atoms with van der Waals surface area (Å²) in [7, 11) is -9.85. The van der Waals surface area contributed by atoms with E-state index in [4.69, 9.17) is 28.8 Å². The predicted octanol–water partition coefficient (Wildman–Crippen LogP) is -1.86. The highest BCUT2D eigenvalue weighted by Gasteiger charge is 2.57. The number of rotatable bonds is 2. The molecule has 3 aliphatic heterocycles. The number of anilines is 1. The first-order chi connectivity index (χ1) is 20.4. The molecule has 3 fully saturated rings. The summed E-state index contributed by atoms with van der Waals surface area (Å²) in [6.07, 6.45) is -6.03. The van der Waals surface area contributed by atoms with E-state index in [-0.39, 0.29) is 28.1 Å². The number of fused-ring (bicyclic) bond motifs is 4. The van der Waals surface area contributed by atoms with Crippen LogP contribution < -0.4 is 11.3 Å². The smallest absolute Gasteiger partial charge is 0.387 e. The van der Waals surface area contributed by atoms with Crippen molar-refractivity contribution in [1.29, 1.82) is 0 Å². The molecule has 21 nitrogen and oxygen atoms in total. The Bertz CT molecular complexity index is 1870. The molecule has 7 heterocycles. The second-order valence-electron chi connectivity index (χ2n) is 9.93. The minimum atomic E-state index is -5.01. The minimum absolute atomic E-state index is 0.0182. The third-order valence-electron chi connectivity index (χ3n) is 7.40. The molecule has 4 aromatic rings. The highest BCUT2D eigenvalue weighted by Crippen LogP contribution is 2.58. The normalized spacial score (nSPS) is 38.6. The molecule has 0 bridgehead atoms. The molecule has 0 radical (unpaired) electrons. The minimum Gasteiger partial charge on any atom is -0.387 e. The van der Waals surface area contributed by atoms with Gasteiger partial charge in [0.15, 0.2) is 35.1 Å². The molecular weight excluding hydrogens is 620 g/mol. The molecule has 43 heavy (non-hydrogen) atoms. The van der Waals surface area contributed by atoms with Gasteiger partial charge >= 0.3 is 15.4 Å². The van der Waals surface area contributed by atoms with Crippen LogP contribution in [-0.4, -0.2) is 108 Å². The number of nitrogens with two attached hydrogens (primary N) is 1. The van der Waals surface area contributed by atoms with Crippen molar-refractivity contribution < 1.29 is 52.2 Å². The molecule has 23 heteroatoms. The highest BCUT2D eigenvalue weighted by atomic mass is 31.2. The summed E-state index contributed by atoms with van der Waals surface area (Å²) in [5.74, 6) is 0.0437. The first-order valence-corrected chi connectivity index (χ1v) is 15.7. The number of nitrogens with one attached hydrogen (secondary N) is 1. The summed E-state index contributed by atoms with van der Waals surface area (Å²) in [5, 5.41) is 22.3. The fraction of sp³-hybridized carbons (Fsp3) is 0.500. The summed E-state index contributed by atoms with van der Waals surface area (Å²) in [6.45, 7) is -1.55. The van der Waals surface area contributed by atoms with Crippen LogP contribution in [0.25, 0.3) is 22.3 Å². The summed E-state index contributed by atoms with van der Waals surface area (Å²) in [5.41, 5.74) is 3.85. The van der Waals surface area contributed by atoms with E-state index in [0.717, 1.165) is 19.0 Å². The number of aromatic nitrogens is 8. The fourth-order valence-corrected chi connectivity index (χ4v) is 8.04. The number of aromatic amines is 1. The van der Waals surface area contributed by atoms with E-state index in [1.165, 1.54) is 15.5 Å². The van der Waals surface area contributed by atoms with Crippen molar-refractivity contribution in [3.63, 3.8) is 0 Å². The number of hydrogen-bond donors (Lipinski definition) is 6. The molecule has 10 atom stereocenters. The lowest BCUT2D eigenvalue weighted by Gasteiger charge is -2.25. The standard InChI is InChI=1S/C20H23N9O12P2/c21-15-9-16(23-3-22-15)28(5-26-9)20-12(31)14-8(40-20)2-38-43(35,36)41-13-7(1-37-42(14,33)34)39-19(11(13)30)29-6-27-10-17(29)24-4-25-18(10)32/h3-8,11-14,19-20,30-31H,1-2H2,(H,33,34)(H,35,36)(H2,21,22,23)(H,24,25,32)/t7?,8?,11-,12-,13-,14-,19?,20?/m1/s1. The van der Waals surface area contributed by atoms with Gasteiger partial charge in [0.1, 0.15) is 48.0 Å². The number of hydrogen-bond acceptors (Lipinski definition) is 16. The number of imidazole rings is 2. The summed E-state index contributed by atoms with van der Waals surface area (Å²) in [6, 6.07) is 0. The van der Waals surface area contributed by atoms with Crippen LogP contribution in [0.1, 0.15) is 12.5 Å². The Labute approximate surface area is 238 Å². The van der Waals surface area contributed by atoms with Gasteiger partial charge in [0.25, 0.3) is 5.56 Å². The van der Waals surface area contributed by atoms with E-state index in [0.29, 0.717) is 0 Å². The monoisotopic (exact) mass is 643 g/mol. The van der Waals surface area contributed by atoms with Crippen LogP contribution in [0.3, 0.4) is 0 Å². The van der Waals surface area contributed by atoms with Gasteiger partial charge in [0.05, 0.1) is 32.2 Å². The van der Waals surface area contributed by atoms with Crippen molar-refractivity contribution in [2.24, 2.45) is 0 Å². The molecule has 4 aromatic heterocycles. The Morgan fingerprint density at radius 1 is 0.884 bits per heavy atom. The Morgan fingerprint density at radius 3 is 2.30 bits per heavy atom. The van der Waals surface area contributed by atoms with E-state index in [1.54, 1.807) is 0 Å². The lowest BCUT2D eigenvalue weighted by Crippen LogP contribution is -2.36. The molecule has 6 unspecified atom stereocenters. The van der Waals surface area contributed by atoms with Gasteiger partial charge in [-0.05, 0) is 0 Å². The molecule has 7 rings (SSSR count). The van der Waals surface area contributed by atoms with Crippen molar-refractivity contribution in [3.8, 4) is 0 Å². The van der Waals surface area contributed by atoms with Crippen LogP contribution in [-0.2, 0) is 32.2 Å². The van der Waals surface area contributed by atoms with Crippen LogP contribution in [0.15, 0.2) is 30.1 Å². The molecule has 230 valence electrons. The Hall–Kier alpha value is -3.20. The van der Waals surface area contributed by atoms with Crippen molar-refractivity contribution in [3.05, 3.63) is 35.7 Å². The van der Waals surface area contributed by atoms with Gasteiger partial charge in [-0.1, -0.05) is 0 Å². The van der Waals surface area contributed by atoms with E-state index >= 15 is 0 Å². The Morgan fingerprint density at radius 2 is 1.53 bits per heavy atom. The van der Waals surface area contributed by atoms with E-state index in [1.807, 2.05) is 0 Å². The topological polar surface area (TPSA) is 294 Å². The molecule has 3 aliphatic rings. The summed E-state index contributed by atoms with van der Waals surface area (Å²) in [4.78, 5) is 56.1. The van der Waals surface area contributed by atoms with Gasteiger partial charge in [0, 0.05) is 0 Å². The molecule has 7 N–H and O–H groups in total. The molecule has 0 aliphatic carbocycles. The Kier molecular flexibility index (Phi) is 6.76. The molecule has 0 saturated carbocycles. The quantitative estimate of drug-likeness (QED) is 0.131. The lowest BCUT2D eigenvalue weighted by atomic mass is 10.1. The highest BCUT2D eigenvalue weighted by molar-refractivity contribution is 7.53. The average Bonchev–Trinajstić information content (AvgIpc) is 3.71. The largest absolute Gasteiger partial charge is 0.472 e. The zero-order valence-electron chi connectivity index (χ0n) is 21.5. The summed E-state index contributed by atoms with van der Waals surface area (Å²) < 4.78 is 56.5. The zero-order chi connectivity index (χ0) is 30.3. The van der Waals surface area contributed by atoms with Gasteiger partial charge < -0.3 is 44.7 Å². The molecular formula is C20H23N9O12P2. The second kappa shape index (κ2) is 10.2. The molecule has 0 spiro atoms. The maximum Gasteiger partial charge on any atom is 0.472 e. The molecule has 0 amide bonds. The third-order valence-corrected chi connectivity index (χ3v) is 10.3. The van der Waals surface area contributed by atoms with Gasteiger partial charge in [-0.3, -0.25) is 27.5 Å². The Balaban J connectivity index is 1.20. The van der Waals surface area contributed by atoms with Crippen LogP contribution in [0.2, 0.25) is 0 Å². The second-order valence-corrected chi connectivity index (χ2v) is 13.3. The van der Waals surface area contributed by atoms with Gasteiger partial charge in [-0.2, -0.15) is 0 Å². The van der Waals surface area contributed by atoms with Crippen molar-refractivity contribution in [2.75, 3.05) is 18.9 Å². The third kappa shape index (κ3) is 4.69. The number of nitrogens with zero attached hydrogens (tertiary/aromatic N) is 7. The van der Waals surface area contributed by atoms with Crippen LogP contribution in [0.5, 0.6) is 0 Å². The predicted molar refractivity (Wildman–Crippen MR) is 138 cm³/mol. The number of aliphatic hydroxyl groups excluding tert-OH is 2. The number of ether oxygens (including phenoxy) is 2. The maximum absolute atomic E-state index is 13.6. The molecule has 3 saturated heterocycles. The lowest BCUT2D eigenvalue weighted by molar-refractivity contribution is -0.0536. The number of H-pyrrole nitrogens is 1. The first-order valence-electron chi connectivity index (χ1n) is 12.6. The maximum atomic E-state index is 13.6. The van der Waals surface area contributed by atoms with Crippen molar-refractivity contribution >= 4 is 43.6 Å². The average molecular weight is 643 g/mol. The molecule has 0 aromatic carbocycles.